The van der Waals surface area contributed by atoms with Crippen LogP contribution in [-0.2, 0) is 9.53 Å². The number of aliphatic hydroxyl groups excluding tert-OH is 1. The Morgan fingerprint density at radius 1 is 1.35 bits per heavy atom. The van der Waals surface area contributed by atoms with Crippen molar-refractivity contribution in [3.63, 3.8) is 0 Å². The van der Waals surface area contributed by atoms with Crippen LogP contribution in [-0.4, -0.2) is 38.4 Å². The van der Waals surface area contributed by atoms with E-state index in [-0.39, 0.29) is 0 Å². The molecule has 0 aliphatic heterocycles. The highest BCUT2D eigenvalue weighted by Gasteiger charge is 2.33. The maximum atomic E-state index is 10.5. The van der Waals surface area contributed by atoms with E-state index in [1.165, 1.54) is 18.2 Å². The second-order valence-corrected chi connectivity index (χ2v) is 12.7. The lowest BCUT2D eigenvalue weighted by Gasteiger charge is -2.37. The molecule has 0 aromatic heterocycles. The smallest absolute Gasteiger partial charge is 0.241 e. The Kier molecular flexibility index (Phi) is 8.31. The second kappa shape index (κ2) is 8.59. The van der Waals surface area contributed by atoms with E-state index in [1.54, 1.807) is 0 Å². The molecule has 0 saturated carbocycles. The van der Waals surface area contributed by atoms with Crippen LogP contribution in [0.25, 0.3) is 0 Å². The first-order valence-corrected chi connectivity index (χ1v) is 10.5. The maximum Gasteiger partial charge on any atom is 0.241 e. The monoisotopic (exact) mass is 301 g/mol. The van der Waals surface area contributed by atoms with Gasteiger partial charge in [-0.1, -0.05) is 46.0 Å². The molecule has 0 bridgehead atoms. The van der Waals surface area contributed by atoms with Crippen molar-refractivity contribution < 1.29 is 14.6 Å². The molecular weight excluding hydrogens is 270 g/mol. The fourth-order valence-corrected chi connectivity index (χ4v) is 3.38. The van der Waals surface area contributed by atoms with Crippen LogP contribution in [0.5, 0.6) is 0 Å². The van der Waals surface area contributed by atoms with Crippen LogP contribution in [0.2, 0.25) is 24.2 Å². The molecule has 0 fully saturated rings. The zero-order valence-corrected chi connectivity index (χ0v) is 14.6. The normalized spacial score (nSPS) is 14.7. The predicted molar refractivity (Wildman–Crippen MR) is 86.4 cm³/mol. The number of aliphatic hydroxyl groups is 1. The molecule has 0 aromatic carbocycles. The van der Waals surface area contributed by atoms with Crippen LogP contribution < -0.4 is 5.73 Å². The van der Waals surface area contributed by atoms with Gasteiger partial charge in [0.2, 0.25) is 5.91 Å². The van der Waals surface area contributed by atoms with E-state index in [2.05, 4.69) is 33.9 Å². The summed E-state index contributed by atoms with van der Waals surface area (Å²) in [6, 6.07) is 1.25. The standard InChI is InChI=1S/C15H31NO3Si/c1-15(2,3)20(4,5)12-6-10-19-11-9-13(17)7-8-14(16)18/h7-8,13,17H,6,9-12H2,1-5H3,(H2,16,18). The number of hydrogen-bond donors (Lipinski definition) is 2. The average molecular weight is 302 g/mol. The van der Waals surface area contributed by atoms with Crippen molar-refractivity contribution in [2.24, 2.45) is 5.73 Å². The maximum absolute atomic E-state index is 10.5. The molecule has 1 amide bonds. The van der Waals surface area contributed by atoms with Crippen molar-refractivity contribution in [1.82, 2.24) is 0 Å². The van der Waals surface area contributed by atoms with Crippen LogP contribution >= 0.6 is 0 Å². The Bertz CT molecular complexity index is 322. The van der Waals surface area contributed by atoms with Crippen LogP contribution in [0.4, 0.5) is 0 Å². The molecule has 0 aromatic rings. The molecule has 3 N–H and O–H groups in total. The van der Waals surface area contributed by atoms with Gasteiger partial charge in [0, 0.05) is 25.7 Å². The third-order valence-electron chi connectivity index (χ3n) is 4.16. The van der Waals surface area contributed by atoms with Crippen LogP contribution in [0.15, 0.2) is 12.2 Å². The highest BCUT2D eigenvalue weighted by molar-refractivity contribution is 6.80. The van der Waals surface area contributed by atoms with Crippen LogP contribution in [0.1, 0.15) is 33.6 Å². The average Bonchev–Trinajstić information content (AvgIpc) is 2.29. The number of ether oxygens (including phenoxy) is 1. The Morgan fingerprint density at radius 3 is 2.45 bits per heavy atom. The summed E-state index contributed by atoms with van der Waals surface area (Å²) in [5.74, 6) is -0.542. The quantitative estimate of drug-likeness (QED) is 0.391. The summed E-state index contributed by atoms with van der Waals surface area (Å²) < 4.78 is 5.53. The molecule has 0 radical (unpaired) electrons. The van der Waals surface area contributed by atoms with Crippen molar-refractivity contribution in [2.75, 3.05) is 13.2 Å². The Balaban J connectivity index is 3.71. The molecule has 20 heavy (non-hydrogen) atoms. The molecule has 4 nitrogen and oxygen atoms in total. The summed E-state index contributed by atoms with van der Waals surface area (Å²) in [5.41, 5.74) is 4.95. The van der Waals surface area contributed by atoms with Gasteiger partial charge in [-0.15, -0.1) is 0 Å². The molecule has 5 heteroatoms. The molecule has 0 heterocycles. The van der Waals surface area contributed by atoms with Crippen LogP contribution in [0.3, 0.4) is 0 Å². The van der Waals surface area contributed by atoms with Gasteiger partial charge >= 0.3 is 0 Å². The first-order chi connectivity index (χ1) is 9.06. The summed E-state index contributed by atoms with van der Waals surface area (Å²) in [6.07, 6.45) is 3.49. The third-order valence-corrected chi connectivity index (χ3v) is 9.83. The molecular formula is C15H31NO3Si. The minimum Gasteiger partial charge on any atom is -0.389 e. The highest BCUT2D eigenvalue weighted by atomic mass is 28.3. The molecule has 0 saturated heterocycles. The van der Waals surface area contributed by atoms with E-state index >= 15 is 0 Å². The van der Waals surface area contributed by atoms with E-state index < -0.39 is 20.1 Å². The molecule has 0 spiro atoms. The Hall–Kier alpha value is -0.653. The van der Waals surface area contributed by atoms with Gasteiger partial charge in [-0.3, -0.25) is 4.79 Å². The number of amides is 1. The van der Waals surface area contributed by atoms with Crippen molar-refractivity contribution in [1.29, 1.82) is 0 Å². The summed E-state index contributed by atoms with van der Waals surface area (Å²) in [6.45, 7) is 13.0. The van der Waals surface area contributed by atoms with Gasteiger partial charge in [-0.05, 0) is 11.5 Å². The largest absolute Gasteiger partial charge is 0.389 e. The number of carbonyl (C=O) groups is 1. The van der Waals surface area contributed by atoms with Gasteiger partial charge in [0.05, 0.1) is 14.2 Å². The molecule has 0 aliphatic rings. The number of nitrogens with two attached hydrogens (primary N) is 1. The number of rotatable bonds is 9. The molecule has 118 valence electrons. The minimum atomic E-state index is -1.20. The summed E-state index contributed by atoms with van der Waals surface area (Å²) in [5, 5.41) is 9.94. The Labute approximate surface area is 124 Å². The zero-order chi connectivity index (χ0) is 15.8. The molecule has 1 unspecified atom stereocenters. The first kappa shape index (κ1) is 19.3. The van der Waals surface area contributed by atoms with E-state index in [0.717, 1.165) is 13.0 Å². The van der Waals surface area contributed by atoms with E-state index in [9.17, 15) is 9.90 Å². The second-order valence-electron chi connectivity index (χ2n) is 6.97. The van der Waals surface area contributed by atoms with Gasteiger partial charge in [-0.25, -0.2) is 0 Å². The fourth-order valence-electron chi connectivity index (χ4n) is 1.60. The summed E-state index contributed by atoms with van der Waals surface area (Å²) in [4.78, 5) is 10.5. The van der Waals surface area contributed by atoms with E-state index in [1.807, 2.05) is 0 Å². The Morgan fingerprint density at radius 2 is 1.95 bits per heavy atom. The van der Waals surface area contributed by atoms with Gasteiger partial charge in [-0.2, -0.15) is 0 Å². The van der Waals surface area contributed by atoms with Crippen molar-refractivity contribution >= 4 is 14.0 Å². The third kappa shape index (κ3) is 8.50. The molecule has 0 aliphatic carbocycles. The lowest BCUT2D eigenvalue weighted by Crippen LogP contribution is -2.36. The lowest BCUT2D eigenvalue weighted by molar-refractivity contribution is -0.113. The summed E-state index contributed by atoms with van der Waals surface area (Å²) in [7, 11) is -1.20. The SMILES string of the molecule is CC(C)(C)[Si](C)(C)CCCOCCC(O)C=CC(N)=O. The van der Waals surface area contributed by atoms with Gasteiger partial charge in [0.1, 0.15) is 0 Å². The first-order valence-electron chi connectivity index (χ1n) is 7.30. The number of carbonyl (C=O) groups excluding carboxylic acids is 1. The lowest BCUT2D eigenvalue weighted by atomic mass is 10.2. The van der Waals surface area contributed by atoms with Gasteiger partial charge in [0.25, 0.3) is 0 Å². The summed E-state index contributed by atoms with van der Waals surface area (Å²) >= 11 is 0. The van der Waals surface area contributed by atoms with Crippen molar-refractivity contribution in [2.45, 2.75) is 63.9 Å². The van der Waals surface area contributed by atoms with Crippen LogP contribution in [0, 0.1) is 0 Å². The highest BCUT2D eigenvalue weighted by Crippen LogP contribution is 2.39. The molecule has 1 atom stereocenters. The number of hydrogen-bond acceptors (Lipinski definition) is 3. The topological polar surface area (TPSA) is 72.6 Å². The van der Waals surface area contributed by atoms with Crippen molar-refractivity contribution in [3.8, 4) is 0 Å². The van der Waals surface area contributed by atoms with E-state index in [0.29, 0.717) is 18.1 Å². The predicted octanol–water partition coefficient (Wildman–Crippen LogP) is 2.69. The van der Waals surface area contributed by atoms with Crippen molar-refractivity contribution in [3.05, 3.63) is 12.2 Å². The van der Waals surface area contributed by atoms with Gasteiger partial charge in [0.15, 0.2) is 0 Å². The zero-order valence-electron chi connectivity index (χ0n) is 13.6. The minimum absolute atomic E-state index is 0.419. The number of primary amides is 1. The molecule has 0 rings (SSSR count). The van der Waals surface area contributed by atoms with E-state index in [4.69, 9.17) is 10.5 Å². The fraction of sp³-hybridized carbons (Fsp3) is 0.800. The van der Waals surface area contributed by atoms with Gasteiger partial charge < -0.3 is 15.6 Å².